The number of benzene rings is 2. The summed E-state index contributed by atoms with van der Waals surface area (Å²) in [5.41, 5.74) is 4.38. The third kappa shape index (κ3) is 3.81. The predicted octanol–water partition coefficient (Wildman–Crippen LogP) is 4.16. The number of ether oxygens (including phenoxy) is 1. The van der Waals surface area contributed by atoms with E-state index in [0.29, 0.717) is 27.1 Å². The minimum absolute atomic E-state index is 0.430. The number of esters is 1. The first-order valence-electron chi connectivity index (χ1n) is 9.25. The molecule has 2 heterocycles. The fourth-order valence-corrected chi connectivity index (χ4v) is 3.85. The Balaban J connectivity index is 1.92. The van der Waals surface area contributed by atoms with Crippen LogP contribution in [0.2, 0.25) is 5.02 Å². The zero-order valence-corrected chi connectivity index (χ0v) is 17.9. The number of nitrogens with one attached hydrogen (secondary N) is 2. The van der Waals surface area contributed by atoms with Crippen LogP contribution in [0.25, 0.3) is 16.9 Å². The number of carbonyl (C=O) groups is 1. The Bertz CT molecular complexity index is 1140. The van der Waals surface area contributed by atoms with E-state index in [1.807, 2.05) is 60.8 Å². The number of thiocarbonyl (C=S) groups is 1. The van der Waals surface area contributed by atoms with Crippen molar-refractivity contribution < 1.29 is 9.53 Å². The smallest absolute Gasteiger partial charge is 0.337 e. The molecule has 0 bridgehead atoms. The van der Waals surface area contributed by atoms with Gasteiger partial charge in [0.25, 0.3) is 0 Å². The fraction of sp³-hybridized carbons (Fsp3) is 0.136. The topological polar surface area (TPSA) is 68.2 Å². The molecular weight excluding hydrogens is 420 g/mol. The summed E-state index contributed by atoms with van der Waals surface area (Å²) in [6, 6.07) is 16.7. The average Bonchev–Trinajstić information content (AvgIpc) is 3.19. The van der Waals surface area contributed by atoms with Crippen LogP contribution in [0.5, 0.6) is 0 Å². The normalized spacial score (nSPS) is 16.1. The van der Waals surface area contributed by atoms with Gasteiger partial charge in [0.05, 0.1) is 30.1 Å². The van der Waals surface area contributed by atoms with Crippen LogP contribution in [-0.4, -0.2) is 28.0 Å². The highest BCUT2D eigenvalue weighted by atomic mass is 35.5. The van der Waals surface area contributed by atoms with Crippen LogP contribution in [0.1, 0.15) is 18.5 Å². The third-order valence-electron chi connectivity index (χ3n) is 4.87. The summed E-state index contributed by atoms with van der Waals surface area (Å²) in [4.78, 5) is 12.6. The van der Waals surface area contributed by atoms with E-state index in [2.05, 4.69) is 10.6 Å². The first-order chi connectivity index (χ1) is 14.5. The van der Waals surface area contributed by atoms with Crippen molar-refractivity contribution in [3.05, 3.63) is 82.7 Å². The van der Waals surface area contributed by atoms with Crippen molar-refractivity contribution in [3.63, 3.8) is 0 Å². The first-order valence-corrected chi connectivity index (χ1v) is 10.0. The van der Waals surface area contributed by atoms with Crippen LogP contribution in [0.3, 0.4) is 0 Å². The number of hydrogen-bond donors (Lipinski definition) is 2. The average molecular weight is 439 g/mol. The Labute approximate surface area is 184 Å². The lowest BCUT2D eigenvalue weighted by atomic mass is 9.94. The highest BCUT2D eigenvalue weighted by Gasteiger charge is 2.33. The van der Waals surface area contributed by atoms with Crippen LogP contribution in [-0.2, 0) is 9.53 Å². The molecule has 1 aliphatic rings. The van der Waals surface area contributed by atoms with Gasteiger partial charge in [0.2, 0.25) is 0 Å². The van der Waals surface area contributed by atoms with Crippen molar-refractivity contribution in [2.24, 2.45) is 0 Å². The molecule has 0 amide bonds. The molecule has 0 saturated carbocycles. The molecule has 3 aromatic rings. The van der Waals surface area contributed by atoms with Crippen molar-refractivity contribution >= 4 is 34.9 Å². The fourth-order valence-electron chi connectivity index (χ4n) is 3.45. The Hall–Kier alpha value is -3.16. The number of nitrogens with zero attached hydrogens (tertiary/aromatic N) is 2. The Kier molecular flexibility index (Phi) is 5.57. The summed E-state index contributed by atoms with van der Waals surface area (Å²) >= 11 is 11.4. The van der Waals surface area contributed by atoms with Gasteiger partial charge in [0, 0.05) is 28.0 Å². The van der Waals surface area contributed by atoms with E-state index in [0.717, 1.165) is 16.8 Å². The SMILES string of the molecule is COC(=O)C1=C(C)NC(=S)N[C@@H]1c1cn(-c2ccccc2)nc1-c1ccc(Cl)cc1. The second kappa shape index (κ2) is 8.30. The van der Waals surface area contributed by atoms with Crippen molar-refractivity contribution in [2.45, 2.75) is 13.0 Å². The molecule has 1 aliphatic heterocycles. The van der Waals surface area contributed by atoms with E-state index in [-0.39, 0.29) is 0 Å². The van der Waals surface area contributed by atoms with Crippen LogP contribution in [0, 0.1) is 0 Å². The van der Waals surface area contributed by atoms with E-state index >= 15 is 0 Å². The monoisotopic (exact) mass is 438 g/mol. The van der Waals surface area contributed by atoms with Crippen LogP contribution >= 0.6 is 23.8 Å². The molecule has 0 saturated heterocycles. The van der Waals surface area contributed by atoms with Gasteiger partial charge in [-0.15, -0.1) is 0 Å². The van der Waals surface area contributed by atoms with E-state index in [9.17, 15) is 4.79 Å². The van der Waals surface area contributed by atoms with Crippen LogP contribution in [0.4, 0.5) is 0 Å². The molecule has 0 fully saturated rings. The van der Waals surface area contributed by atoms with Crippen molar-refractivity contribution in [1.29, 1.82) is 0 Å². The number of hydrogen-bond acceptors (Lipinski definition) is 4. The lowest BCUT2D eigenvalue weighted by Crippen LogP contribution is -2.45. The molecule has 0 radical (unpaired) electrons. The summed E-state index contributed by atoms with van der Waals surface area (Å²) in [7, 11) is 1.36. The van der Waals surface area contributed by atoms with Gasteiger partial charge >= 0.3 is 5.97 Å². The second-order valence-electron chi connectivity index (χ2n) is 6.78. The molecule has 0 aliphatic carbocycles. The summed E-state index contributed by atoms with van der Waals surface area (Å²) in [6.07, 6.45) is 1.90. The minimum Gasteiger partial charge on any atom is -0.466 e. The quantitative estimate of drug-likeness (QED) is 0.471. The molecule has 6 nitrogen and oxygen atoms in total. The Morgan fingerprint density at radius 2 is 1.87 bits per heavy atom. The summed E-state index contributed by atoms with van der Waals surface area (Å²) in [5, 5.41) is 12.1. The van der Waals surface area contributed by atoms with E-state index < -0.39 is 12.0 Å². The maximum absolute atomic E-state index is 12.6. The number of methoxy groups -OCH3 is 1. The number of rotatable bonds is 4. The molecule has 2 N–H and O–H groups in total. The van der Waals surface area contributed by atoms with Gasteiger partial charge in [-0.1, -0.05) is 41.9 Å². The molecule has 1 aromatic heterocycles. The lowest BCUT2D eigenvalue weighted by Gasteiger charge is -2.29. The van der Waals surface area contributed by atoms with Crippen molar-refractivity contribution in [1.82, 2.24) is 20.4 Å². The largest absolute Gasteiger partial charge is 0.466 e. The van der Waals surface area contributed by atoms with Gasteiger partial charge in [0.15, 0.2) is 5.11 Å². The molecule has 2 aromatic carbocycles. The van der Waals surface area contributed by atoms with Gasteiger partial charge in [-0.05, 0) is 43.4 Å². The van der Waals surface area contributed by atoms with Crippen LogP contribution < -0.4 is 10.6 Å². The number of halogens is 1. The van der Waals surface area contributed by atoms with E-state index in [4.69, 9.17) is 33.7 Å². The molecule has 1 atom stereocenters. The zero-order chi connectivity index (χ0) is 21.3. The molecule has 30 heavy (non-hydrogen) atoms. The number of allylic oxidation sites excluding steroid dienone is 1. The molecule has 0 unspecified atom stereocenters. The summed E-state index contributed by atoms with van der Waals surface area (Å²) in [5.74, 6) is -0.436. The van der Waals surface area contributed by atoms with E-state index in [1.54, 1.807) is 11.6 Å². The van der Waals surface area contributed by atoms with E-state index in [1.165, 1.54) is 7.11 Å². The summed E-state index contributed by atoms with van der Waals surface area (Å²) in [6.45, 7) is 1.80. The summed E-state index contributed by atoms with van der Waals surface area (Å²) < 4.78 is 6.82. The minimum atomic E-state index is -0.519. The highest BCUT2D eigenvalue weighted by molar-refractivity contribution is 7.80. The van der Waals surface area contributed by atoms with Gasteiger partial charge in [-0.3, -0.25) is 0 Å². The molecular formula is C22H19ClN4O2S. The van der Waals surface area contributed by atoms with Gasteiger partial charge in [-0.25, -0.2) is 9.48 Å². The second-order valence-corrected chi connectivity index (χ2v) is 7.63. The van der Waals surface area contributed by atoms with Gasteiger partial charge in [0.1, 0.15) is 0 Å². The zero-order valence-electron chi connectivity index (χ0n) is 16.3. The number of para-hydroxylation sites is 1. The molecule has 4 rings (SSSR count). The number of carbonyl (C=O) groups excluding carboxylic acids is 1. The Morgan fingerprint density at radius 1 is 1.17 bits per heavy atom. The van der Waals surface area contributed by atoms with Crippen molar-refractivity contribution in [3.8, 4) is 16.9 Å². The van der Waals surface area contributed by atoms with Crippen LogP contribution in [0.15, 0.2) is 72.1 Å². The van der Waals surface area contributed by atoms with Gasteiger partial charge in [-0.2, -0.15) is 5.10 Å². The maximum atomic E-state index is 12.6. The lowest BCUT2D eigenvalue weighted by molar-refractivity contribution is -0.136. The first kappa shape index (κ1) is 20.1. The molecule has 8 heteroatoms. The molecule has 0 spiro atoms. The predicted molar refractivity (Wildman–Crippen MR) is 120 cm³/mol. The van der Waals surface area contributed by atoms with Crippen molar-refractivity contribution in [2.75, 3.05) is 7.11 Å². The molecule has 152 valence electrons. The van der Waals surface area contributed by atoms with Gasteiger partial charge < -0.3 is 15.4 Å². The number of aromatic nitrogens is 2. The highest BCUT2D eigenvalue weighted by Crippen LogP contribution is 2.35. The standard InChI is InChI=1S/C22H19ClN4O2S/c1-13-18(21(28)29-2)20(25-22(30)24-13)17-12-27(16-6-4-3-5-7-16)26-19(17)14-8-10-15(23)11-9-14/h3-12,20H,1-2H3,(H2,24,25,30)/t20-/m1/s1. The third-order valence-corrected chi connectivity index (χ3v) is 5.34. The Morgan fingerprint density at radius 3 is 2.53 bits per heavy atom. The maximum Gasteiger partial charge on any atom is 0.337 e.